The number of amides is 1. The summed E-state index contributed by atoms with van der Waals surface area (Å²) in [5.41, 5.74) is 1.66. The first-order valence-corrected chi connectivity index (χ1v) is 8.80. The Morgan fingerprint density at radius 1 is 1.24 bits per heavy atom. The van der Waals surface area contributed by atoms with Crippen LogP contribution in [-0.4, -0.2) is 58.8 Å². The monoisotopic (exact) mass is 346 g/mol. The van der Waals surface area contributed by atoms with Gasteiger partial charge < -0.3 is 10.1 Å². The molecule has 1 amide bonds. The summed E-state index contributed by atoms with van der Waals surface area (Å²) in [6.07, 6.45) is 0.293. The third kappa shape index (κ3) is 4.11. The summed E-state index contributed by atoms with van der Waals surface area (Å²) in [4.78, 5) is 26.9. The Kier molecular flexibility index (Phi) is 5.55. The number of hydrogen-bond acceptors (Lipinski definition) is 4. The molecule has 0 radical (unpaired) electrons. The molecule has 1 saturated heterocycles. The summed E-state index contributed by atoms with van der Waals surface area (Å²) >= 11 is 0. The van der Waals surface area contributed by atoms with E-state index in [0.29, 0.717) is 13.0 Å². The Labute approximate surface area is 147 Å². The maximum Gasteiger partial charge on any atom is 0.328 e. The van der Waals surface area contributed by atoms with Gasteiger partial charge in [0, 0.05) is 45.7 Å². The zero-order chi connectivity index (χ0) is 17.8. The van der Waals surface area contributed by atoms with Crippen molar-refractivity contribution in [2.75, 3.05) is 32.8 Å². The minimum Gasteiger partial charge on any atom is -0.379 e. The molecule has 2 heterocycles. The van der Waals surface area contributed by atoms with Crippen LogP contribution in [0.3, 0.4) is 0 Å². The summed E-state index contributed by atoms with van der Waals surface area (Å²) in [6, 6.07) is 7.72. The highest BCUT2D eigenvalue weighted by Crippen LogP contribution is 2.11. The van der Waals surface area contributed by atoms with Gasteiger partial charge in [0.15, 0.2) is 0 Å². The van der Waals surface area contributed by atoms with Gasteiger partial charge in [0.25, 0.3) is 0 Å². The molecule has 3 rings (SSSR count). The van der Waals surface area contributed by atoms with E-state index in [-0.39, 0.29) is 17.6 Å². The Morgan fingerprint density at radius 2 is 1.92 bits per heavy atom. The minimum atomic E-state index is -0.0876. The van der Waals surface area contributed by atoms with E-state index in [1.54, 1.807) is 16.2 Å². The number of morpholine rings is 1. The van der Waals surface area contributed by atoms with Crippen LogP contribution in [0.25, 0.3) is 11.0 Å². The zero-order valence-electron chi connectivity index (χ0n) is 14.9. The first-order chi connectivity index (χ1) is 12.1. The van der Waals surface area contributed by atoms with Crippen molar-refractivity contribution in [2.45, 2.75) is 25.9 Å². The number of ether oxygens (including phenoxy) is 1. The van der Waals surface area contributed by atoms with E-state index in [1.165, 1.54) is 0 Å². The highest BCUT2D eigenvalue weighted by molar-refractivity contribution is 5.78. The maximum absolute atomic E-state index is 12.4. The van der Waals surface area contributed by atoms with Crippen molar-refractivity contribution < 1.29 is 9.53 Å². The number of rotatable bonds is 6. The Hall–Kier alpha value is -2.12. The molecule has 1 aliphatic heterocycles. The molecule has 1 N–H and O–H groups in total. The summed E-state index contributed by atoms with van der Waals surface area (Å²) < 4.78 is 8.62. The van der Waals surface area contributed by atoms with Crippen LogP contribution in [0.1, 0.15) is 13.3 Å². The smallest absolute Gasteiger partial charge is 0.328 e. The lowest BCUT2D eigenvalue weighted by Gasteiger charge is -2.29. The van der Waals surface area contributed by atoms with Crippen LogP contribution in [-0.2, 0) is 23.1 Å². The van der Waals surface area contributed by atoms with Gasteiger partial charge in [-0.2, -0.15) is 0 Å². The van der Waals surface area contributed by atoms with E-state index < -0.39 is 0 Å². The molecular formula is C18H26N4O3. The number of hydrogen-bond donors (Lipinski definition) is 1. The van der Waals surface area contributed by atoms with Gasteiger partial charge in [-0.15, -0.1) is 0 Å². The summed E-state index contributed by atoms with van der Waals surface area (Å²) in [7, 11) is 1.76. The molecule has 1 fully saturated rings. The number of nitrogens with one attached hydrogen (secondary N) is 1. The molecule has 0 saturated carbocycles. The number of carbonyl (C=O) groups is 1. The average Bonchev–Trinajstić information content (AvgIpc) is 2.85. The lowest BCUT2D eigenvalue weighted by molar-refractivity contribution is -0.122. The molecule has 1 aromatic carbocycles. The van der Waals surface area contributed by atoms with Crippen molar-refractivity contribution in [3.8, 4) is 0 Å². The van der Waals surface area contributed by atoms with Crippen LogP contribution in [0.2, 0.25) is 0 Å². The predicted molar refractivity (Wildman–Crippen MR) is 96.7 cm³/mol. The molecule has 1 aromatic heterocycles. The fraction of sp³-hybridized carbons (Fsp3) is 0.556. The summed E-state index contributed by atoms with van der Waals surface area (Å²) in [5.74, 6) is -0.0272. The maximum atomic E-state index is 12.4. The molecular weight excluding hydrogens is 320 g/mol. The summed E-state index contributed by atoms with van der Waals surface area (Å²) in [6.45, 7) is 6.55. The van der Waals surface area contributed by atoms with Crippen molar-refractivity contribution in [1.82, 2.24) is 19.4 Å². The molecule has 1 aliphatic rings. The largest absolute Gasteiger partial charge is 0.379 e. The normalized spacial score (nSPS) is 16.9. The van der Waals surface area contributed by atoms with Gasteiger partial charge in [0.2, 0.25) is 5.91 Å². The molecule has 25 heavy (non-hydrogen) atoms. The number of carbonyl (C=O) groups excluding carboxylic acids is 1. The summed E-state index contributed by atoms with van der Waals surface area (Å²) in [5, 5.41) is 3.03. The molecule has 0 spiro atoms. The zero-order valence-corrected chi connectivity index (χ0v) is 14.9. The van der Waals surface area contributed by atoms with E-state index in [0.717, 1.165) is 43.9 Å². The number of imidazole rings is 1. The van der Waals surface area contributed by atoms with E-state index in [2.05, 4.69) is 10.2 Å². The van der Waals surface area contributed by atoms with Crippen molar-refractivity contribution in [2.24, 2.45) is 7.05 Å². The van der Waals surface area contributed by atoms with Crippen molar-refractivity contribution in [1.29, 1.82) is 0 Å². The van der Waals surface area contributed by atoms with Crippen molar-refractivity contribution in [3.63, 3.8) is 0 Å². The molecule has 0 aliphatic carbocycles. The van der Waals surface area contributed by atoms with Crippen LogP contribution in [0.15, 0.2) is 29.1 Å². The van der Waals surface area contributed by atoms with Crippen LogP contribution >= 0.6 is 0 Å². The predicted octanol–water partition coefficient (Wildman–Crippen LogP) is 0.567. The molecule has 1 atom stereocenters. The van der Waals surface area contributed by atoms with Crippen LogP contribution in [0.5, 0.6) is 0 Å². The highest BCUT2D eigenvalue weighted by atomic mass is 16.5. The number of aromatic nitrogens is 2. The third-order valence-corrected chi connectivity index (χ3v) is 4.66. The van der Waals surface area contributed by atoms with E-state index in [1.807, 2.05) is 31.2 Å². The fourth-order valence-electron chi connectivity index (χ4n) is 3.36. The molecule has 1 unspecified atom stereocenters. The number of aryl methyl sites for hydroxylation is 2. The second-order valence-corrected chi connectivity index (χ2v) is 6.61. The van der Waals surface area contributed by atoms with Crippen molar-refractivity contribution >= 4 is 16.9 Å². The van der Waals surface area contributed by atoms with Crippen LogP contribution in [0.4, 0.5) is 0 Å². The number of benzene rings is 1. The average molecular weight is 346 g/mol. The second kappa shape index (κ2) is 7.84. The van der Waals surface area contributed by atoms with E-state index in [9.17, 15) is 9.59 Å². The van der Waals surface area contributed by atoms with Crippen LogP contribution in [0, 0.1) is 0 Å². The lowest BCUT2D eigenvalue weighted by atomic mass is 10.2. The quantitative estimate of drug-likeness (QED) is 0.830. The Morgan fingerprint density at radius 3 is 2.64 bits per heavy atom. The molecule has 7 heteroatoms. The van der Waals surface area contributed by atoms with Gasteiger partial charge in [-0.3, -0.25) is 18.8 Å². The van der Waals surface area contributed by atoms with Gasteiger partial charge >= 0.3 is 5.69 Å². The van der Waals surface area contributed by atoms with Crippen LogP contribution < -0.4 is 11.0 Å². The fourth-order valence-corrected chi connectivity index (χ4v) is 3.36. The van der Waals surface area contributed by atoms with Gasteiger partial charge in [-0.05, 0) is 19.1 Å². The van der Waals surface area contributed by atoms with E-state index in [4.69, 9.17) is 4.74 Å². The van der Waals surface area contributed by atoms with Gasteiger partial charge in [-0.25, -0.2) is 4.79 Å². The van der Waals surface area contributed by atoms with Crippen molar-refractivity contribution in [3.05, 3.63) is 34.7 Å². The van der Waals surface area contributed by atoms with E-state index >= 15 is 0 Å². The molecule has 2 aromatic rings. The Bertz CT molecular complexity index is 789. The number of nitrogens with zero attached hydrogens (tertiary/aromatic N) is 3. The number of fused-ring (bicyclic) bond motifs is 1. The lowest BCUT2D eigenvalue weighted by Crippen LogP contribution is -2.46. The molecule has 0 bridgehead atoms. The third-order valence-electron chi connectivity index (χ3n) is 4.66. The second-order valence-electron chi connectivity index (χ2n) is 6.61. The first-order valence-electron chi connectivity index (χ1n) is 8.80. The SMILES string of the molecule is CC(CN1CCOCC1)NC(=O)CCn1c(=O)n(C)c2ccccc21. The van der Waals surface area contributed by atoms with Gasteiger partial charge in [0.05, 0.1) is 24.2 Å². The van der Waals surface area contributed by atoms with Gasteiger partial charge in [-0.1, -0.05) is 12.1 Å². The highest BCUT2D eigenvalue weighted by Gasteiger charge is 2.16. The molecule has 7 nitrogen and oxygen atoms in total. The number of para-hydroxylation sites is 2. The van der Waals surface area contributed by atoms with Gasteiger partial charge in [0.1, 0.15) is 0 Å². The Balaban J connectivity index is 1.55. The molecule has 136 valence electrons. The minimum absolute atomic E-state index is 0.0272. The topological polar surface area (TPSA) is 68.5 Å². The standard InChI is InChI=1S/C18H26N4O3/c1-14(13-21-9-11-25-12-10-21)19-17(23)7-8-22-16-6-4-3-5-15(16)20(2)18(22)24/h3-6,14H,7-13H2,1-2H3,(H,19,23). The first kappa shape index (κ1) is 17.7.